The second kappa shape index (κ2) is 11.7. The molecule has 0 aliphatic carbocycles. The fourth-order valence-corrected chi connectivity index (χ4v) is 3.60. The van der Waals surface area contributed by atoms with Crippen LogP contribution in [-0.2, 0) is 11.3 Å². The molecule has 1 N–H and O–H groups in total. The second-order valence-corrected chi connectivity index (χ2v) is 8.43. The molecular weight excluding hydrogens is 414 g/mol. The van der Waals surface area contributed by atoms with Gasteiger partial charge >= 0.3 is 0 Å². The number of hydrogen-bond donors (Lipinski definition) is 1. The number of aliphatic hydroxyl groups excluding tert-OH is 1. The van der Waals surface area contributed by atoms with Crippen molar-refractivity contribution >= 4 is 0 Å². The van der Waals surface area contributed by atoms with Crippen LogP contribution in [0.3, 0.4) is 0 Å². The van der Waals surface area contributed by atoms with Gasteiger partial charge in [-0.3, -0.25) is 4.90 Å². The zero-order valence-electron chi connectivity index (χ0n) is 19.9. The predicted molar refractivity (Wildman–Crippen MR) is 131 cm³/mol. The lowest BCUT2D eigenvalue weighted by molar-refractivity contribution is 0.0190. The van der Waals surface area contributed by atoms with Crippen molar-refractivity contribution in [1.29, 1.82) is 0 Å². The Morgan fingerprint density at radius 2 is 1.88 bits per heavy atom. The summed E-state index contributed by atoms with van der Waals surface area (Å²) >= 11 is 0. The summed E-state index contributed by atoms with van der Waals surface area (Å²) in [5.74, 6) is 3.86. The van der Waals surface area contributed by atoms with Gasteiger partial charge in [-0.15, -0.1) is 6.42 Å². The van der Waals surface area contributed by atoms with E-state index >= 15 is 0 Å². The first-order valence-electron chi connectivity index (χ1n) is 11.2. The number of ether oxygens (including phenoxy) is 2. The number of para-hydroxylation sites is 1. The molecule has 2 aromatic carbocycles. The van der Waals surface area contributed by atoms with Crippen LogP contribution in [0.25, 0.3) is 5.69 Å². The van der Waals surface area contributed by atoms with Crippen LogP contribution in [0.4, 0.5) is 0 Å². The average molecular weight is 448 g/mol. The lowest BCUT2D eigenvalue weighted by Crippen LogP contribution is -2.39. The number of hydrogen-bond acceptors (Lipinski definition) is 5. The highest BCUT2D eigenvalue weighted by atomic mass is 16.5. The van der Waals surface area contributed by atoms with E-state index in [1.807, 2.05) is 73.1 Å². The Kier molecular flexibility index (Phi) is 8.67. The molecule has 33 heavy (non-hydrogen) atoms. The van der Waals surface area contributed by atoms with Gasteiger partial charge in [0, 0.05) is 19.1 Å². The largest absolute Gasteiger partial charge is 0.439 e. The van der Waals surface area contributed by atoms with Crippen molar-refractivity contribution in [3.8, 4) is 29.7 Å². The SMILES string of the molecule is C#CCOC[C@@H](O)CN(Cc1c(C)nn(-c2ccccc2)c1Oc1cccc(C)c1)C(C)C. The van der Waals surface area contributed by atoms with E-state index in [9.17, 15) is 5.11 Å². The minimum atomic E-state index is -0.647. The monoisotopic (exact) mass is 447 g/mol. The van der Waals surface area contributed by atoms with Gasteiger partial charge in [0.15, 0.2) is 0 Å². The number of terminal acetylenes is 1. The van der Waals surface area contributed by atoms with E-state index in [4.69, 9.17) is 21.0 Å². The van der Waals surface area contributed by atoms with Gasteiger partial charge < -0.3 is 14.6 Å². The highest BCUT2D eigenvalue weighted by Crippen LogP contribution is 2.32. The van der Waals surface area contributed by atoms with Crippen molar-refractivity contribution < 1.29 is 14.6 Å². The van der Waals surface area contributed by atoms with E-state index in [2.05, 4.69) is 24.7 Å². The number of aliphatic hydroxyl groups is 1. The van der Waals surface area contributed by atoms with Crippen molar-refractivity contribution in [3.05, 3.63) is 71.4 Å². The standard InChI is InChI=1S/C27H33N3O3/c1-6-15-32-19-24(31)17-29(20(2)3)18-26-22(5)28-30(23-12-8-7-9-13-23)27(26)33-25-14-10-11-21(4)16-25/h1,7-14,16,20,24,31H,15,17-19H2,2-5H3/t24-/m0/s1. The molecule has 0 spiro atoms. The lowest BCUT2D eigenvalue weighted by atomic mass is 10.2. The van der Waals surface area contributed by atoms with Crippen molar-refractivity contribution in [1.82, 2.24) is 14.7 Å². The van der Waals surface area contributed by atoms with E-state index in [0.717, 1.165) is 28.3 Å². The molecule has 6 nitrogen and oxygen atoms in total. The van der Waals surface area contributed by atoms with Crippen molar-refractivity contribution in [2.75, 3.05) is 19.8 Å². The molecule has 3 aromatic rings. The number of aryl methyl sites for hydroxylation is 2. The summed E-state index contributed by atoms with van der Waals surface area (Å²) < 4.78 is 13.6. The molecule has 0 aliphatic rings. The first-order chi connectivity index (χ1) is 15.9. The van der Waals surface area contributed by atoms with Crippen LogP contribution < -0.4 is 4.74 Å². The Morgan fingerprint density at radius 3 is 2.55 bits per heavy atom. The Hall–Kier alpha value is -3.11. The Balaban J connectivity index is 1.94. The predicted octanol–water partition coefficient (Wildman–Crippen LogP) is 4.50. The summed E-state index contributed by atoms with van der Waals surface area (Å²) in [5.41, 5.74) is 3.90. The Morgan fingerprint density at radius 1 is 1.12 bits per heavy atom. The molecule has 0 radical (unpaired) electrons. The topological polar surface area (TPSA) is 59.8 Å². The van der Waals surface area contributed by atoms with Gasteiger partial charge in [-0.1, -0.05) is 36.3 Å². The van der Waals surface area contributed by atoms with Gasteiger partial charge in [-0.2, -0.15) is 5.10 Å². The fourth-order valence-electron chi connectivity index (χ4n) is 3.60. The highest BCUT2D eigenvalue weighted by molar-refractivity contribution is 5.43. The van der Waals surface area contributed by atoms with Crippen LogP contribution in [0.15, 0.2) is 54.6 Å². The van der Waals surface area contributed by atoms with Gasteiger partial charge in [-0.05, 0) is 57.5 Å². The van der Waals surface area contributed by atoms with Crippen molar-refractivity contribution in [2.45, 2.75) is 46.4 Å². The lowest BCUT2D eigenvalue weighted by Gasteiger charge is -2.29. The number of benzene rings is 2. The maximum Gasteiger partial charge on any atom is 0.227 e. The third kappa shape index (κ3) is 6.69. The zero-order chi connectivity index (χ0) is 23.8. The summed E-state index contributed by atoms with van der Waals surface area (Å²) in [5, 5.41) is 15.3. The molecule has 0 saturated carbocycles. The molecule has 1 aromatic heterocycles. The van der Waals surface area contributed by atoms with Gasteiger partial charge in [0.05, 0.1) is 29.7 Å². The molecule has 0 amide bonds. The van der Waals surface area contributed by atoms with E-state index in [-0.39, 0.29) is 19.3 Å². The normalized spacial score (nSPS) is 12.2. The van der Waals surface area contributed by atoms with Crippen LogP contribution in [0.2, 0.25) is 0 Å². The zero-order valence-corrected chi connectivity index (χ0v) is 19.9. The number of rotatable bonds is 11. The summed E-state index contributed by atoms with van der Waals surface area (Å²) in [6, 6.07) is 18.1. The third-order valence-electron chi connectivity index (χ3n) is 5.37. The molecule has 174 valence electrons. The molecular formula is C27H33N3O3. The number of aromatic nitrogens is 2. The first kappa shape index (κ1) is 24.5. The second-order valence-electron chi connectivity index (χ2n) is 8.43. The van der Waals surface area contributed by atoms with Gasteiger partial charge in [-0.25, -0.2) is 4.68 Å². The van der Waals surface area contributed by atoms with Crippen LogP contribution in [-0.4, -0.2) is 51.7 Å². The van der Waals surface area contributed by atoms with Crippen molar-refractivity contribution in [2.24, 2.45) is 0 Å². The molecule has 6 heteroatoms. The molecule has 0 saturated heterocycles. The quantitative estimate of drug-likeness (QED) is 0.346. The van der Waals surface area contributed by atoms with Gasteiger partial charge in [0.1, 0.15) is 12.4 Å². The minimum absolute atomic E-state index is 0.191. The summed E-state index contributed by atoms with van der Waals surface area (Å²) in [6.45, 7) is 9.64. The van der Waals surface area contributed by atoms with E-state index in [0.29, 0.717) is 19.0 Å². The molecule has 0 aliphatic heterocycles. The smallest absolute Gasteiger partial charge is 0.227 e. The van der Waals surface area contributed by atoms with Crippen molar-refractivity contribution in [3.63, 3.8) is 0 Å². The van der Waals surface area contributed by atoms with E-state index in [1.54, 1.807) is 0 Å². The van der Waals surface area contributed by atoms with Crippen LogP contribution in [0, 0.1) is 26.2 Å². The molecule has 0 fully saturated rings. The highest BCUT2D eigenvalue weighted by Gasteiger charge is 2.24. The number of nitrogens with zero attached hydrogens (tertiary/aromatic N) is 3. The van der Waals surface area contributed by atoms with Gasteiger partial charge in [0.2, 0.25) is 5.88 Å². The average Bonchev–Trinajstić information content (AvgIpc) is 3.09. The fraction of sp³-hybridized carbons (Fsp3) is 0.370. The van der Waals surface area contributed by atoms with Crippen LogP contribution >= 0.6 is 0 Å². The Labute approximate surface area is 196 Å². The Bertz CT molecular complexity index is 1070. The maximum atomic E-state index is 10.5. The molecule has 0 unspecified atom stereocenters. The third-order valence-corrected chi connectivity index (χ3v) is 5.37. The van der Waals surface area contributed by atoms with E-state index < -0.39 is 6.10 Å². The first-order valence-corrected chi connectivity index (χ1v) is 11.2. The molecule has 0 bridgehead atoms. The van der Waals surface area contributed by atoms with Gasteiger partial charge in [0.25, 0.3) is 0 Å². The molecule has 1 heterocycles. The maximum absolute atomic E-state index is 10.5. The van der Waals surface area contributed by atoms with Crippen LogP contribution in [0.1, 0.15) is 30.7 Å². The molecule has 3 rings (SSSR count). The van der Waals surface area contributed by atoms with Crippen LogP contribution in [0.5, 0.6) is 11.6 Å². The summed E-state index contributed by atoms with van der Waals surface area (Å²) in [7, 11) is 0. The minimum Gasteiger partial charge on any atom is -0.439 e. The summed E-state index contributed by atoms with van der Waals surface area (Å²) in [4.78, 5) is 2.19. The van der Waals surface area contributed by atoms with E-state index in [1.165, 1.54) is 0 Å². The summed E-state index contributed by atoms with van der Waals surface area (Å²) in [6.07, 6.45) is 4.59. The molecule has 1 atom stereocenters.